The highest BCUT2D eigenvalue weighted by Crippen LogP contribution is 2.29. The summed E-state index contributed by atoms with van der Waals surface area (Å²) in [5, 5.41) is 0. The van der Waals surface area contributed by atoms with Crippen molar-refractivity contribution in [2.24, 2.45) is 0 Å². The quantitative estimate of drug-likeness (QED) is 0.473. The molecule has 30 heavy (non-hydrogen) atoms. The monoisotopic (exact) mass is 442 g/mol. The van der Waals surface area contributed by atoms with Crippen molar-refractivity contribution in [3.8, 4) is 0 Å². The number of pyridine rings is 1. The van der Waals surface area contributed by atoms with E-state index in [1.54, 1.807) is 23.7 Å². The predicted octanol–water partition coefficient (Wildman–Crippen LogP) is 3.53. The van der Waals surface area contributed by atoms with Gasteiger partial charge in [0.15, 0.2) is 4.34 Å². The van der Waals surface area contributed by atoms with Crippen molar-refractivity contribution in [3.05, 3.63) is 54.4 Å². The Hall–Kier alpha value is -2.00. The van der Waals surface area contributed by atoms with Gasteiger partial charge in [0, 0.05) is 45.1 Å². The third-order valence-corrected chi connectivity index (χ3v) is 7.24. The lowest BCUT2D eigenvalue weighted by Crippen LogP contribution is -2.39. The van der Waals surface area contributed by atoms with E-state index < -0.39 is 0 Å². The van der Waals surface area contributed by atoms with Gasteiger partial charge in [-0.15, -0.1) is 11.3 Å². The van der Waals surface area contributed by atoms with Crippen molar-refractivity contribution >= 4 is 39.2 Å². The first-order valence-corrected chi connectivity index (χ1v) is 12.0. The van der Waals surface area contributed by atoms with Crippen LogP contribution in [-0.4, -0.2) is 70.8 Å². The van der Waals surface area contributed by atoms with E-state index in [4.69, 9.17) is 4.74 Å². The molecule has 0 unspecified atom stereocenters. The molecule has 0 bridgehead atoms. The number of hydrogen-bond acceptors (Lipinski definition) is 7. The number of benzene rings is 1. The Kier molecular flexibility index (Phi) is 7.69. The average molecular weight is 443 g/mol. The van der Waals surface area contributed by atoms with Crippen LogP contribution in [0, 0.1) is 0 Å². The molecule has 1 amide bonds. The smallest absolute Gasteiger partial charge is 0.233 e. The van der Waals surface area contributed by atoms with Gasteiger partial charge in [0.2, 0.25) is 5.91 Å². The first-order chi connectivity index (χ1) is 14.8. The van der Waals surface area contributed by atoms with E-state index in [0.29, 0.717) is 12.3 Å². The fourth-order valence-corrected chi connectivity index (χ4v) is 5.41. The maximum atomic E-state index is 13.1. The van der Waals surface area contributed by atoms with Gasteiger partial charge >= 0.3 is 0 Å². The number of para-hydroxylation sites is 1. The van der Waals surface area contributed by atoms with Gasteiger partial charge in [0.1, 0.15) is 0 Å². The molecule has 158 valence electrons. The number of carbonyl (C=O) groups is 1. The molecule has 1 aliphatic rings. The fraction of sp³-hybridized carbons (Fsp3) is 0.409. The predicted molar refractivity (Wildman–Crippen MR) is 122 cm³/mol. The molecular formula is C22H26N4O2S2. The van der Waals surface area contributed by atoms with Crippen molar-refractivity contribution in [3.63, 3.8) is 0 Å². The number of amides is 1. The molecule has 4 rings (SSSR count). The van der Waals surface area contributed by atoms with Crippen LogP contribution in [-0.2, 0) is 16.1 Å². The standard InChI is InChI=1S/C22H26N4O2S2/c27-21(17-29-22-24-19-4-1-2-5-20(19)30-22)26(16-18-6-8-23-9-7-18)11-3-10-25-12-14-28-15-13-25/h1-2,4-9H,3,10-17H2. The summed E-state index contributed by atoms with van der Waals surface area (Å²) < 4.78 is 7.53. The van der Waals surface area contributed by atoms with Gasteiger partial charge in [-0.05, 0) is 36.2 Å². The van der Waals surface area contributed by atoms with E-state index in [1.165, 1.54) is 11.8 Å². The minimum absolute atomic E-state index is 0.151. The summed E-state index contributed by atoms with van der Waals surface area (Å²) in [6.07, 6.45) is 4.52. The number of fused-ring (bicyclic) bond motifs is 1. The lowest BCUT2D eigenvalue weighted by Gasteiger charge is -2.28. The maximum absolute atomic E-state index is 13.1. The zero-order chi connectivity index (χ0) is 20.6. The molecule has 0 N–H and O–H groups in total. The molecule has 1 fully saturated rings. The molecule has 2 aromatic heterocycles. The van der Waals surface area contributed by atoms with Gasteiger partial charge in [0.25, 0.3) is 0 Å². The second-order valence-electron chi connectivity index (χ2n) is 7.21. The number of aromatic nitrogens is 2. The van der Waals surface area contributed by atoms with E-state index in [2.05, 4.69) is 20.9 Å². The Balaban J connectivity index is 1.34. The van der Waals surface area contributed by atoms with Gasteiger partial charge in [-0.25, -0.2) is 4.98 Å². The Labute approximate surface area is 185 Å². The average Bonchev–Trinajstić information content (AvgIpc) is 3.21. The van der Waals surface area contributed by atoms with Crippen LogP contribution in [0.1, 0.15) is 12.0 Å². The lowest BCUT2D eigenvalue weighted by molar-refractivity contribution is -0.129. The molecule has 1 saturated heterocycles. The Bertz CT molecular complexity index is 911. The van der Waals surface area contributed by atoms with Crippen molar-refractivity contribution < 1.29 is 9.53 Å². The molecule has 1 aliphatic heterocycles. The van der Waals surface area contributed by atoms with Crippen LogP contribution in [0.5, 0.6) is 0 Å². The van der Waals surface area contributed by atoms with Gasteiger partial charge in [-0.1, -0.05) is 23.9 Å². The molecule has 6 nitrogen and oxygen atoms in total. The Morgan fingerprint density at radius 2 is 1.97 bits per heavy atom. The van der Waals surface area contributed by atoms with E-state index in [0.717, 1.165) is 65.9 Å². The summed E-state index contributed by atoms with van der Waals surface area (Å²) >= 11 is 3.18. The van der Waals surface area contributed by atoms with Gasteiger partial charge in [-0.2, -0.15) is 0 Å². The van der Waals surface area contributed by atoms with E-state index in [1.807, 2.05) is 35.2 Å². The van der Waals surface area contributed by atoms with E-state index >= 15 is 0 Å². The molecular weight excluding hydrogens is 416 g/mol. The van der Waals surface area contributed by atoms with E-state index in [9.17, 15) is 4.79 Å². The van der Waals surface area contributed by atoms with Crippen molar-refractivity contribution in [2.75, 3.05) is 45.1 Å². The molecule has 0 aliphatic carbocycles. The van der Waals surface area contributed by atoms with Crippen molar-refractivity contribution in [1.82, 2.24) is 19.8 Å². The van der Waals surface area contributed by atoms with Crippen LogP contribution in [0.4, 0.5) is 0 Å². The molecule has 0 saturated carbocycles. The number of nitrogens with zero attached hydrogens (tertiary/aromatic N) is 4. The third-order valence-electron chi connectivity index (χ3n) is 5.07. The summed E-state index contributed by atoms with van der Waals surface area (Å²) in [4.78, 5) is 26.2. The first kappa shape index (κ1) is 21.2. The molecule has 8 heteroatoms. The summed E-state index contributed by atoms with van der Waals surface area (Å²) in [5.74, 6) is 0.556. The number of rotatable bonds is 9. The molecule has 0 radical (unpaired) electrons. The van der Waals surface area contributed by atoms with Gasteiger partial charge in [0.05, 0.1) is 29.2 Å². The molecule has 1 aromatic carbocycles. The number of morpholine rings is 1. The van der Waals surface area contributed by atoms with Gasteiger partial charge < -0.3 is 9.64 Å². The Morgan fingerprint density at radius 1 is 1.17 bits per heavy atom. The van der Waals surface area contributed by atoms with Crippen LogP contribution in [0.25, 0.3) is 10.2 Å². The summed E-state index contributed by atoms with van der Waals surface area (Å²) in [5.41, 5.74) is 2.10. The summed E-state index contributed by atoms with van der Waals surface area (Å²) in [6.45, 7) is 5.92. The minimum Gasteiger partial charge on any atom is -0.379 e. The second-order valence-corrected chi connectivity index (χ2v) is 9.47. The molecule has 3 aromatic rings. The van der Waals surface area contributed by atoms with Crippen LogP contribution in [0.3, 0.4) is 0 Å². The van der Waals surface area contributed by atoms with Crippen molar-refractivity contribution in [2.45, 2.75) is 17.3 Å². The minimum atomic E-state index is 0.151. The zero-order valence-electron chi connectivity index (χ0n) is 16.9. The van der Waals surface area contributed by atoms with E-state index in [-0.39, 0.29) is 5.91 Å². The summed E-state index contributed by atoms with van der Waals surface area (Å²) in [7, 11) is 0. The second kappa shape index (κ2) is 10.9. The largest absolute Gasteiger partial charge is 0.379 e. The van der Waals surface area contributed by atoms with Gasteiger partial charge in [-0.3, -0.25) is 14.7 Å². The van der Waals surface area contributed by atoms with Crippen LogP contribution in [0.2, 0.25) is 0 Å². The first-order valence-electron chi connectivity index (χ1n) is 10.2. The maximum Gasteiger partial charge on any atom is 0.233 e. The van der Waals surface area contributed by atoms with Crippen LogP contribution < -0.4 is 0 Å². The topological polar surface area (TPSA) is 58.6 Å². The highest BCUT2D eigenvalue weighted by atomic mass is 32.2. The number of thiazole rings is 1. The zero-order valence-corrected chi connectivity index (χ0v) is 18.5. The fourth-order valence-electron chi connectivity index (χ4n) is 3.44. The highest BCUT2D eigenvalue weighted by molar-refractivity contribution is 8.01. The van der Waals surface area contributed by atoms with Crippen molar-refractivity contribution in [1.29, 1.82) is 0 Å². The molecule has 3 heterocycles. The summed E-state index contributed by atoms with van der Waals surface area (Å²) in [6, 6.07) is 12.0. The Morgan fingerprint density at radius 3 is 2.77 bits per heavy atom. The SMILES string of the molecule is O=C(CSc1nc2ccccc2s1)N(CCCN1CCOCC1)Cc1ccncc1. The number of ether oxygens (including phenoxy) is 1. The number of thioether (sulfide) groups is 1. The normalized spacial score (nSPS) is 14.8. The third kappa shape index (κ3) is 6.01. The van der Waals surface area contributed by atoms with Crippen LogP contribution >= 0.6 is 23.1 Å². The molecule has 0 atom stereocenters. The highest BCUT2D eigenvalue weighted by Gasteiger charge is 2.17. The molecule has 0 spiro atoms. The lowest BCUT2D eigenvalue weighted by atomic mass is 10.2. The number of hydrogen-bond donors (Lipinski definition) is 0. The van der Waals surface area contributed by atoms with Crippen LogP contribution in [0.15, 0.2) is 53.1 Å². The number of carbonyl (C=O) groups excluding carboxylic acids is 1.